The van der Waals surface area contributed by atoms with E-state index in [9.17, 15) is 9.59 Å². The second kappa shape index (κ2) is 12.0. The summed E-state index contributed by atoms with van der Waals surface area (Å²) >= 11 is 1.75. The predicted molar refractivity (Wildman–Crippen MR) is 147 cm³/mol. The van der Waals surface area contributed by atoms with E-state index in [0.29, 0.717) is 32.1 Å². The van der Waals surface area contributed by atoms with Crippen LogP contribution in [0.3, 0.4) is 0 Å². The third-order valence-corrected chi connectivity index (χ3v) is 8.17. The number of ether oxygens (including phenoxy) is 1. The number of H-pyrrole nitrogens is 1. The number of carbonyl (C=O) groups is 2. The minimum atomic E-state index is -0.284. The molecular weight excluding hydrogens is 500 g/mol. The van der Waals surface area contributed by atoms with Crippen LogP contribution in [0.1, 0.15) is 52.1 Å². The standard InChI is InChI=1S/C29H34N4O4S/c1-3-36-29(35)22-7-6-12-33(16-22)28(34)25-19-37-27(31-25)18-32(17-26-20(2)11-14-38-26)13-10-21-15-30-24-9-5-4-8-23(21)24/h4-5,8-9,11,14-15,19,22,30H,3,6-7,10,12-13,16-18H2,1-2H3/t22-/m1/s1. The Hall–Kier alpha value is -3.43. The first kappa shape index (κ1) is 26.2. The van der Waals surface area contributed by atoms with Crippen LogP contribution in [-0.2, 0) is 29.0 Å². The zero-order chi connectivity index (χ0) is 26.5. The molecule has 1 saturated heterocycles. The molecule has 0 aliphatic carbocycles. The lowest BCUT2D eigenvalue weighted by Gasteiger charge is -2.30. The van der Waals surface area contributed by atoms with Crippen molar-refractivity contribution in [1.29, 1.82) is 0 Å². The lowest BCUT2D eigenvalue weighted by Crippen LogP contribution is -2.43. The van der Waals surface area contributed by atoms with Gasteiger partial charge in [0.05, 0.1) is 19.1 Å². The number of piperidine rings is 1. The smallest absolute Gasteiger partial charge is 0.310 e. The summed E-state index contributed by atoms with van der Waals surface area (Å²) in [6.45, 7) is 7.33. The van der Waals surface area contributed by atoms with Crippen LogP contribution in [-0.4, -0.2) is 57.9 Å². The maximum absolute atomic E-state index is 13.2. The summed E-state index contributed by atoms with van der Waals surface area (Å²) in [5.41, 5.74) is 3.98. The molecule has 0 radical (unpaired) electrons. The number of likely N-dealkylation sites (tertiary alicyclic amines) is 1. The van der Waals surface area contributed by atoms with Gasteiger partial charge in [0.25, 0.3) is 5.91 Å². The van der Waals surface area contributed by atoms with Crippen LogP contribution in [0.4, 0.5) is 0 Å². The monoisotopic (exact) mass is 534 g/mol. The molecule has 1 aromatic carbocycles. The van der Waals surface area contributed by atoms with Crippen molar-refractivity contribution in [3.63, 3.8) is 0 Å². The summed E-state index contributed by atoms with van der Waals surface area (Å²) in [6.07, 6.45) is 5.91. The van der Waals surface area contributed by atoms with Crippen molar-refractivity contribution in [2.45, 2.75) is 46.2 Å². The van der Waals surface area contributed by atoms with Crippen LogP contribution < -0.4 is 0 Å². The number of carbonyl (C=O) groups excluding carboxylic acids is 2. The van der Waals surface area contributed by atoms with Crippen molar-refractivity contribution in [2.75, 3.05) is 26.2 Å². The number of thiophene rings is 1. The first-order valence-corrected chi connectivity index (χ1v) is 14.1. The normalized spacial score (nSPS) is 15.9. The summed E-state index contributed by atoms with van der Waals surface area (Å²) < 4.78 is 11.0. The average Bonchev–Trinajstić information content (AvgIpc) is 3.67. The molecular formula is C29H34N4O4S. The van der Waals surface area contributed by atoms with E-state index in [4.69, 9.17) is 9.15 Å². The van der Waals surface area contributed by atoms with E-state index < -0.39 is 0 Å². The van der Waals surface area contributed by atoms with Gasteiger partial charge in [0.1, 0.15) is 6.26 Å². The lowest BCUT2D eigenvalue weighted by molar-refractivity contribution is -0.149. The van der Waals surface area contributed by atoms with Gasteiger partial charge >= 0.3 is 5.97 Å². The highest BCUT2D eigenvalue weighted by atomic mass is 32.1. The number of amides is 1. The van der Waals surface area contributed by atoms with Crippen molar-refractivity contribution in [2.24, 2.45) is 5.92 Å². The van der Waals surface area contributed by atoms with E-state index in [-0.39, 0.29) is 23.5 Å². The number of aryl methyl sites for hydroxylation is 1. The highest BCUT2D eigenvalue weighted by Crippen LogP contribution is 2.23. The number of benzene rings is 1. The molecule has 9 heteroatoms. The van der Waals surface area contributed by atoms with E-state index in [2.05, 4.69) is 57.6 Å². The first-order valence-electron chi connectivity index (χ1n) is 13.2. The SMILES string of the molecule is CCOC(=O)[C@@H]1CCCN(C(=O)c2coc(CN(CCc3c[nH]c4ccccc34)Cc3sccc3C)n2)C1. The summed E-state index contributed by atoms with van der Waals surface area (Å²) in [5, 5.41) is 3.36. The fourth-order valence-corrected chi connectivity index (χ4v) is 6.00. The lowest BCUT2D eigenvalue weighted by atomic mass is 9.98. The van der Waals surface area contributed by atoms with Crippen molar-refractivity contribution in [1.82, 2.24) is 19.8 Å². The minimum Gasteiger partial charge on any atom is -0.466 e. The fraction of sp³-hybridized carbons (Fsp3) is 0.414. The van der Waals surface area contributed by atoms with Crippen molar-refractivity contribution in [3.05, 3.63) is 75.8 Å². The molecule has 0 spiro atoms. The van der Waals surface area contributed by atoms with Crippen LogP contribution >= 0.6 is 11.3 Å². The number of nitrogens with one attached hydrogen (secondary N) is 1. The quantitative estimate of drug-likeness (QED) is 0.282. The number of fused-ring (bicyclic) bond motifs is 1. The molecule has 1 aliphatic heterocycles. The second-order valence-electron chi connectivity index (χ2n) is 9.82. The van der Waals surface area contributed by atoms with Gasteiger partial charge in [-0.15, -0.1) is 11.3 Å². The zero-order valence-corrected chi connectivity index (χ0v) is 22.8. The van der Waals surface area contributed by atoms with Crippen LogP contribution in [0, 0.1) is 12.8 Å². The molecule has 1 fully saturated rings. The van der Waals surface area contributed by atoms with Crippen LogP contribution in [0.25, 0.3) is 10.9 Å². The number of aromatic nitrogens is 2. The Bertz CT molecular complexity index is 1390. The van der Waals surface area contributed by atoms with Gasteiger partial charge in [0, 0.05) is 48.2 Å². The van der Waals surface area contributed by atoms with Gasteiger partial charge in [-0.3, -0.25) is 14.5 Å². The molecule has 200 valence electrons. The molecule has 4 aromatic rings. The topological polar surface area (TPSA) is 91.7 Å². The molecule has 0 unspecified atom stereocenters. The highest BCUT2D eigenvalue weighted by Gasteiger charge is 2.31. The molecule has 8 nitrogen and oxygen atoms in total. The highest BCUT2D eigenvalue weighted by molar-refractivity contribution is 7.10. The molecule has 5 rings (SSSR count). The molecule has 3 aromatic heterocycles. The molecule has 0 saturated carbocycles. The number of aromatic amines is 1. The Morgan fingerprint density at radius 3 is 2.95 bits per heavy atom. The molecule has 0 bridgehead atoms. The van der Waals surface area contributed by atoms with E-state index in [1.807, 2.05) is 6.07 Å². The number of hydrogen-bond donors (Lipinski definition) is 1. The van der Waals surface area contributed by atoms with Crippen LogP contribution in [0.2, 0.25) is 0 Å². The number of rotatable bonds is 10. The van der Waals surface area contributed by atoms with E-state index in [1.165, 1.54) is 27.7 Å². The summed E-state index contributed by atoms with van der Waals surface area (Å²) in [7, 11) is 0. The second-order valence-corrected chi connectivity index (χ2v) is 10.8. The summed E-state index contributed by atoms with van der Waals surface area (Å²) in [5.74, 6) is -0.206. The van der Waals surface area contributed by atoms with Gasteiger partial charge in [-0.2, -0.15) is 0 Å². The van der Waals surface area contributed by atoms with E-state index in [0.717, 1.165) is 37.9 Å². The predicted octanol–water partition coefficient (Wildman–Crippen LogP) is 5.19. The Balaban J connectivity index is 1.27. The molecule has 4 heterocycles. The molecule has 1 amide bonds. The van der Waals surface area contributed by atoms with Gasteiger partial charge in [0.15, 0.2) is 5.69 Å². The molecule has 1 N–H and O–H groups in total. The van der Waals surface area contributed by atoms with Gasteiger partial charge in [0.2, 0.25) is 5.89 Å². The number of esters is 1. The largest absolute Gasteiger partial charge is 0.466 e. The van der Waals surface area contributed by atoms with Crippen LogP contribution in [0.5, 0.6) is 0 Å². The third kappa shape index (κ3) is 6.00. The Labute approximate surface area is 226 Å². The molecule has 1 aliphatic rings. The summed E-state index contributed by atoms with van der Waals surface area (Å²) in [6, 6.07) is 10.5. The molecule has 38 heavy (non-hydrogen) atoms. The average molecular weight is 535 g/mol. The van der Waals surface area contributed by atoms with Gasteiger partial charge < -0.3 is 19.0 Å². The van der Waals surface area contributed by atoms with Gasteiger partial charge in [-0.1, -0.05) is 18.2 Å². The minimum absolute atomic E-state index is 0.201. The number of oxazole rings is 1. The van der Waals surface area contributed by atoms with Crippen molar-refractivity contribution in [3.8, 4) is 0 Å². The first-order chi connectivity index (χ1) is 18.5. The maximum atomic E-state index is 13.2. The van der Waals surface area contributed by atoms with Gasteiger partial charge in [-0.05, 0) is 61.7 Å². The fourth-order valence-electron chi connectivity index (χ4n) is 5.05. The van der Waals surface area contributed by atoms with Gasteiger partial charge in [-0.25, -0.2) is 4.98 Å². The zero-order valence-electron chi connectivity index (χ0n) is 21.9. The maximum Gasteiger partial charge on any atom is 0.310 e. The Morgan fingerprint density at radius 2 is 2.13 bits per heavy atom. The van der Waals surface area contributed by atoms with Crippen molar-refractivity contribution < 1.29 is 18.7 Å². The third-order valence-electron chi connectivity index (χ3n) is 7.17. The van der Waals surface area contributed by atoms with Crippen molar-refractivity contribution >= 4 is 34.1 Å². The molecule has 1 atom stereocenters. The number of hydrogen-bond acceptors (Lipinski definition) is 7. The Kier molecular flexibility index (Phi) is 8.24. The number of nitrogens with zero attached hydrogens (tertiary/aromatic N) is 3. The summed E-state index contributed by atoms with van der Waals surface area (Å²) in [4.78, 5) is 38.6. The van der Waals surface area contributed by atoms with E-state index in [1.54, 1.807) is 23.2 Å². The van der Waals surface area contributed by atoms with E-state index >= 15 is 0 Å². The Morgan fingerprint density at radius 1 is 1.26 bits per heavy atom. The van der Waals surface area contributed by atoms with Crippen LogP contribution in [0.15, 0.2) is 52.6 Å². The number of para-hydroxylation sites is 1.